The lowest BCUT2D eigenvalue weighted by atomic mass is 10.1. The van der Waals surface area contributed by atoms with Crippen LogP contribution in [0, 0.1) is 6.92 Å². The van der Waals surface area contributed by atoms with Crippen LogP contribution in [0.2, 0.25) is 0 Å². The number of nitrogens with zero attached hydrogens (tertiary/aromatic N) is 2. The van der Waals surface area contributed by atoms with Gasteiger partial charge in [-0.1, -0.05) is 6.07 Å². The van der Waals surface area contributed by atoms with E-state index in [1.165, 1.54) is 28.4 Å². The van der Waals surface area contributed by atoms with E-state index in [9.17, 15) is 18.0 Å². The number of hydrogen-bond acceptors (Lipinski definition) is 5. The largest absolute Gasteiger partial charge is 0.379 e. The van der Waals surface area contributed by atoms with Gasteiger partial charge < -0.3 is 15.0 Å². The number of likely N-dealkylation sites (N-methyl/N-ethyl adjacent to an activating group) is 1. The van der Waals surface area contributed by atoms with Crippen molar-refractivity contribution in [3.05, 3.63) is 29.3 Å². The number of benzene rings is 1. The number of morpholine rings is 1. The van der Waals surface area contributed by atoms with E-state index in [1.807, 2.05) is 0 Å². The Bertz CT molecular complexity index is 829. The molecule has 1 aliphatic heterocycles. The van der Waals surface area contributed by atoms with Gasteiger partial charge in [0.2, 0.25) is 15.9 Å². The number of rotatable bonds is 6. The predicted molar refractivity (Wildman–Crippen MR) is 98.9 cm³/mol. The molecule has 2 amide bonds. The molecule has 2 aliphatic rings. The summed E-state index contributed by atoms with van der Waals surface area (Å²) in [5, 5.41) is 2.84. The van der Waals surface area contributed by atoms with Crippen molar-refractivity contribution in [1.82, 2.24) is 14.5 Å². The van der Waals surface area contributed by atoms with Crippen LogP contribution in [0.3, 0.4) is 0 Å². The Labute approximate surface area is 159 Å². The van der Waals surface area contributed by atoms with Crippen molar-refractivity contribution < 1.29 is 22.7 Å². The Kier molecular flexibility index (Phi) is 5.83. The monoisotopic (exact) mass is 395 g/mol. The second-order valence-electron chi connectivity index (χ2n) is 7.00. The van der Waals surface area contributed by atoms with Crippen LogP contribution >= 0.6 is 0 Å². The van der Waals surface area contributed by atoms with E-state index in [0.717, 1.165) is 12.8 Å². The van der Waals surface area contributed by atoms with Crippen molar-refractivity contribution in [2.45, 2.75) is 30.7 Å². The van der Waals surface area contributed by atoms with E-state index < -0.39 is 10.0 Å². The number of carbonyl (C=O) groups is 2. The Morgan fingerprint density at radius 2 is 1.93 bits per heavy atom. The first-order chi connectivity index (χ1) is 12.8. The Hall–Kier alpha value is -1.97. The molecule has 148 valence electrons. The molecule has 0 atom stereocenters. The van der Waals surface area contributed by atoms with Gasteiger partial charge in [0.05, 0.1) is 24.7 Å². The molecule has 1 aromatic carbocycles. The Morgan fingerprint density at radius 1 is 1.26 bits per heavy atom. The lowest BCUT2D eigenvalue weighted by Gasteiger charge is -2.26. The fraction of sp³-hybridized carbons (Fsp3) is 0.556. The molecular formula is C18H25N3O5S. The second-order valence-corrected chi connectivity index (χ2v) is 8.93. The van der Waals surface area contributed by atoms with Crippen molar-refractivity contribution in [3.63, 3.8) is 0 Å². The summed E-state index contributed by atoms with van der Waals surface area (Å²) >= 11 is 0. The zero-order chi connectivity index (χ0) is 19.6. The summed E-state index contributed by atoms with van der Waals surface area (Å²) in [5.74, 6) is -0.583. The second kappa shape index (κ2) is 7.95. The predicted octanol–water partition coefficient (Wildman–Crippen LogP) is 0.367. The van der Waals surface area contributed by atoms with Crippen molar-refractivity contribution in [2.75, 3.05) is 39.9 Å². The Balaban J connectivity index is 1.77. The van der Waals surface area contributed by atoms with E-state index in [1.54, 1.807) is 13.0 Å². The minimum Gasteiger partial charge on any atom is -0.379 e. The van der Waals surface area contributed by atoms with Crippen LogP contribution in [-0.2, 0) is 19.6 Å². The van der Waals surface area contributed by atoms with Crippen LogP contribution < -0.4 is 5.32 Å². The maximum Gasteiger partial charge on any atom is 0.254 e. The summed E-state index contributed by atoms with van der Waals surface area (Å²) in [7, 11) is -2.15. The first kappa shape index (κ1) is 19.8. The number of aryl methyl sites for hydroxylation is 1. The summed E-state index contributed by atoms with van der Waals surface area (Å²) in [5.41, 5.74) is 0.946. The van der Waals surface area contributed by atoms with Crippen LogP contribution in [0.4, 0.5) is 0 Å². The molecule has 1 heterocycles. The van der Waals surface area contributed by atoms with Crippen LogP contribution in [0.15, 0.2) is 23.1 Å². The molecule has 1 N–H and O–H groups in total. The van der Waals surface area contributed by atoms with Crippen LogP contribution in [0.1, 0.15) is 28.8 Å². The van der Waals surface area contributed by atoms with Crippen molar-refractivity contribution >= 4 is 21.8 Å². The minimum absolute atomic E-state index is 0.0603. The van der Waals surface area contributed by atoms with Crippen LogP contribution in [0.25, 0.3) is 0 Å². The van der Waals surface area contributed by atoms with Crippen molar-refractivity contribution in [1.29, 1.82) is 0 Å². The summed E-state index contributed by atoms with van der Waals surface area (Å²) in [4.78, 5) is 26.1. The van der Waals surface area contributed by atoms with Crippen LogP contribution in [-0.4, -0.2) is 75.4 Å². The van der Waals surface area contributed by atoms with Gasteiger partial charge in [-0.3, -0.25) is 9.59 Å². The number of amides is 2. The van der Waals surface area contributed by atoms with E-state index in [4.69, 9.17) is 4.74 Å². The van der Waals surface area contributed by atoms with E-state index in [2.05, 4.69) is 5.32 Å². The third-order valence-corrected chi connectivity index (χ3v) is 6.61. The average molecular weight is 395 g/mol. The summed E-state index contributed by atoms with van der Waals surface area (Å²) in [6.45, 7) is 2.98. The van der Waals surface area contributed by atoms with Gasteiger partial charge in [0.15, 0.2) is 0 Å². The first-order valence-electron chi connectivity index (χ1n) is 9.02. The summed E-state index contributed by atoms with van der Waals surface area (Å²) in [6, 6.07) is 4.76. The SMILES string of the molecule is Cc1ccc(S(=O)(=O)N2CCOCC2)cc1C(=O)N(C)CC(=O)NC1CC1. The molecule has 9 heteroatoms. The van der Waals surface area contributed by atoms with Gasteiger partial charge in [0.25, 0.3) is 5.91 Å². The molecule has 0 unspecified atom stereocenters. The third-order valence-electron chi connectivity index (χ3n) is 4.72. The number of hydrogen-bond donors (Lipinski definition) is 1. The lowest BCUT2D eigenvalue weighted by Crippen LogP contribution is -2.41. The van der Waals surface area contributed by atoms with Crippen molar-refractivity contribution in [3.8, 4) is 0 Å². The maximum atomic E-state index is 12.8. The van der Waals surface area contributed by atoms with E-state index in [0.29, 0.717) is 31.9 Å². The molecule has 27 heavy (non-hydrogen) atoms. The van der Waals surface area contributed by atoms with Gasteiger partial charge in [-0.2, -0.15) is 4.31 Å². The minimum atomic E-state index is -3.69. The molecule has 1 saturated heterocycles. The maximum absolute atomic E-state index is 12.8. The standard InChI is InChI=1S/C18H25N3O5S/c1-13-3-6-15(27(24,25)21-7-9-26-10-8-21)11-16(13)18(23)20(2)12-17(22)19-14-4-5-14/h3,6,11,14H,4-5,7-10,12H2,1-2H3,(H,19,22). The quantitative estimate of drug-likeness (QED) is 0.751. The molecule has 1 saturated carbocycles. The lowest BCUT2D eigenvalue weighted by molar-refractivity contribution is -0.121. The molecule has 0 aromatic heterocycles. The van der Waals surface area contributed by atoms with Gasteiger partial charge in [-0.25, -0.2) is 8.42 Å². The summed E-state index contributed by atoms with van der Waals surface area (Å²) < 4.78 is 32.2. The first-order valence-corrected chi connectivity index (χ1v) is 10.5. The molecular weight excluding hydrogens is 370 g/mol. The average Bonchev–Trinajstić information content (AvgIpc) is 3.45. The van der Waals surface area contributed by atoms with E-state index >= 15 is 0 Å². The fourth-order valence-electron chi connectivity index (χ4n) is 2.92. The molecule has 8 nitrogen and oxygen atoms in total. The normalized spacial score (nSPS) is 18.1. The molecule has 0 bridgehead atoms. The molecule has 2 fully saturated rings. The molecule has 0 radical (unpaired) electrons. The Morgan fingerprint density at radius 3 is 2.56 bits per heavy atom. The smallest absolute Gasteiger partial charge is 0.254 e. The highest BCUT2D eigenvalue weighted by atomic mass is 32.2. The highest BCUT2D eigenvalue weighted by Crippen LogP contribution is 2.22. The van der Waals surface area contributed by atoms with Gasteiger partial charge in [0, 0.05) is 31.7 Å². The van der Waals surface area contributed by atoms with Crippen LogP contribution in [0.5, 0.6) is 0 Å². The van der Waals surface area contributed by atoms with Gasteiger partial charge in [-0.05, 0) is 37.5 Å². The zero-order valence-electron chi connectivity index (χ0n) is 15.6. The van der Waals surface area contributed by atoms with Crippen molar-refractivity contribution in [2.24, 2.45) is 0 Å². The topological polar surface area (TPSA) is 96.0 Å². The molecule has 1 aliphatic carbocycles. The molecule has 1 aromatic rings. The van der Waals surface area contributed by atoms with Gasteiger partial charge >= 0.3 is 0 Å². The number of carbonyl (C=O) groups excluding carboxylic acids is 2. The number of ether oxygens (including phenoxy) is 1. The van der Waals surface area contributed by atoms with E-state index in [-0.39, 0.29) is 34.9 Å². The molecule has 3 rings (SSSR count). The van der Waals surface area contributed by atoms with Gasteiger partial charge in [0.1, 0.15) is 0 Å². The number of sulfonamides is 1. The highest BCUT2D eigenvalue weighted by molar-refractivity contribution is 7.89. The fourth-order valence-corrected chi connectivity index (χ4v) is 4.36. The summed E-state index contributed by atoms with van der Waals surface area (Å²) in [6.07, 6.45) is 1.95. The zero-order valence-corrected chi connectivity index (χ0v) is 16.4. The van der Waals surface area contributed by atoms with Gasteiger partial charge in [-0.15, -0.1) is 0 Å². The highest BCUT2D eigenvalue weighted by Gasteiger charge is 2.28. The third kappa shape index (κ3) is 4.66. The number of nitrogens with one attached hydrogen (secondary N) is 1. The molecule has 0 spiro atoms.